The van der Waals surface area contributed by atoms with Crippen LogP contribution in [0, 0.1) is 0 Å². The van der Waals surface area contributed by atoms with E-state index in [-0.39, 0.29) is 10.8 Å². The minimum absolute atomic E-state index is 0.0957. The highest BCUT2D eigenvalue weighted by molar-refractivity contribution is 6.39. The summed E-state index contributed by atoms with van der Waals surface area (Å²) in [6, 6.07) is 5.11. The van der Waals surface area contributed by atoms with Crippen molar-refractivity contribution in [3.8, 4) is 5.75 Å². The molecule has 1 heterocycles. The summed E-state index contributed by atoms with van der Waals surface area (Å²) in [6.45, 7) is 0.915. The van der Waals surface area contributed by atoms with Gasteiger partial charge in [0.05, 0.1) is 22.4 Å². The zero-order valence-electron chi connectivity index (χ0n) is 14.4. The molecule has 0 radical (unpaired) electrons. The van der Waals surface area contributed by atoms with Crippen LogP contribution in [0.4, 0.5) is 4.39 Å². The van der Waals surface area contributed by atoms with E-state index in [1.165, 1.54) is 11.1 Å². The van der Waals surface area contributed by atoms with E-state index in [0.29, 0.717) is 47.7 Å². The summed E-state index contributed by atoms with van der Waals surface area (Å²) in [5.41, 5.74) is 7.59. The summed E-state index contributed by atoms with van der Waals surface area (Å²) in [6.07, 6.45) is 1.94. The fourth-order valence-electron chi connectivity index (χ4n) is 2.54. The number of likely N-dealkylation sites (N-methyl/N-ethyl adjacent to an activating group) is 1. The number of hydrazine groups is 1. The molecule has 1 aromatic carbocycles. The van der Waals surface area contributed by atoms with E-state index in [9.17, 15) is 9.50 Å². The average Bonchev–Trinajstić information content (AvgIpc) is 2.57. The highest BCUT2D eigenvalue weighted by atomic mass is 35.5. The fourth-order valence-corrected chi connectivity index (χ4v) is 3.05. The van der Waals surface area contributed by atoms with E-state index in [1.54, 1.807) is 12.3 Å². The first-order valence-electron chi connectivity index (χ1n) is 8.00. The van der Waals surface area contributed by atoms with Crippen molar-refractivity contribution in [1.29, 1.82) is 0 Å². The summed E-state index contributed by atoms with van der Waals surface area (Å²) >= 11 is 12.1. The van der Waals surface area contributed by atoms with Crippen LogP contribution in [-0.4, -0.2) is 46.8 Å². The molecular formula is C17H22Cl2FN5O. The molecule has 0 unspecified atom stereocenters. The lowest BCUT2D eigenvalue weighted by atomic mass is 10.2. The number of halogens is 3. The van der Waals surface area contributed by atoms with Gasteiger partial charge in [-0.05, 0) is 31.7 Å². The van der Waals surface area contributed by atoms with Crippen LogP contribution in [0.15, 0.2) is 30.1 Å². The minimum Gasteiger partial charge on any atom is -0.504 e. The Hall–Kier alpha value is -1.80. The summed E-state index contributed by atoms with van der Waals surface area (Å²) in [5.74, 6) is 5.63. The van der Waals surface area contributed by atoms with Crippen LogP contribution >= 0.6 is 23.2 Å². The molecule has 0 fully saturated rings. The number of rotatable bonds is 8. The molecule has 0 saturated heterocycles. The Kier molecular flexibility index (Phi) is 7.28. The van der Waals surface area contributed by atoms with Crippen molar-refractivity contribution in [3.05, 3.63) is 45.8 Å². The predicted molar refractivity (Wildman–Crippen MR) is 104 cm³/mol. The first kappa shape index (κ1) is 20.5. The van der Waals surface area contributed by atoms with Crippen molar-refractivity contribution < 1.29 is 9.50 Å². The normalized spacial score (nSPS) is 12.2. The Bertz CT molecular complexity index is 802. The van der Waals surface area contributed by atoms with E-state index >= 15 is 0 Å². The number of aromatic hydroxyl groups is 1. The lowest BCUT2D eigenvalue weighted by Gasteiger charge is -2.19. The van der Waals surface area contributed by atoms with Gasteiger partial charge in [-0.3, -0.25) is 9.29 Å². The maximum atomic E-state index is 12.1. The van der Waals surface area contributed by atoms with Crippen molar-refractivity contribution in [2.24, 2.45) is 11.6 Å². The number of hydrogen-bond donors (Lipinski definition) is 3. The van der Waals surface area contributed by atoms with Gasteiger partial charge in [0.2, 0.25) is 0 Å². The Morgan fingerprint density at radius 3 is 2.77 bits per heavy atom. The smallest absolute Gasteiger partial charge is 0.160 e. The van der Waals surface area contributed by atoms with E-state index < -0.39 is 6.67 Å². The molecule has 0 bridgehead atoms. The maximum absolute atomic E-state index is 12.1. The highest BCUT2D eigenvalue weighted by Gasteiger charge is 2.12. The Labute approximate surface area is 161 Å². The first-order chi connectivity index (χ1) is 12.3. The molecule has 142 valence electrons. The van der Waals surface area contributed by atoms with E-state index in [2.05, 4.69) is 4.98 Å². The van der Waals surface area contributed by atoms with E-state index in [4.69, 9.17) is 34.8 Å². The van der Waals surface area contributed by atoms with Gasteiger partial charge in [-0.15, -0.1) is 0 Å². The Balaban J connectivity index is 2.08. The number of aromatic nitrogens is 1. The molecule has 0 atom stereocenters. The topological polar surface area (TPSA) is 91.6 Å². The lowest BCUT2D eigenvalue weighted by Crippen LogP contribution is -2.31. The molecule has 6 nitrogen and oxygen atoms in total. The molecule has 0 aliphatic heterocycles. The number of benzene rings is 1. The highest BCUT2D eigenvalue weighted by Crippen LogP contribution is 2.36. The van der Waals surface area contributed by atoms with Crippen LogP contribution in [0.3, 0.4) is 0 Å². The number of alkyl halides is 1. The number of phenolic OH excluding ortho intramolecular Hbond substituents is 1. The SMILES string of the molecule is CN(C/C(N)=C/N(N)CCCF)Cc1ccc2c(Cl)cc(Cl)c(O)c2n1. The standard InChI is InChI=1S/C17H22Cl2FN5O/c1-24(8-11(21)9-25(22)6-2-5-20)10-12-3-4-13-14(18)7-15(19)17(26)16(13)23-12/h3-4,7,9,26H,2,5-6,8,10,21-22H2,1H3/b11-9-. The molecule has 5 N–H and O–H groups in total. The van der Waals surface area contributed by atoms with Crippen molar-refractivity contribution in [3.63, 3.8) is 0 Å². The molecule has 0 aliphatic carbocycles. The number of pyridine rings is 1. The summed E-state index contributed by atoms with van der Waals surface area (Å²) < 4.78 is 12.1. The molecule has 0 aliphatic rings. The third-order valence-corrected chi connectivity index (χ3v) is 4.28. The largest absolute Gasteiger partial charge is 0.504 e. The van der Waals surface area contributed by atoms with Gasteiger partial charge in [-0.1, -0.05) is 23.2 Å². The quantitative estimate of drug-likeness (QED) is 0.465. The Morgan fingerprint density at radius 2 is 2.08 bits per heavy atom. The fraction of sp³-hybridized carbons (Fsp3) is 0.353. The second-order valence-corrected chi connectivity index (χ2v) is 6.86. The van der Waals surface area contributed by atoms with Crippen molar-refractivity contribution in [1.82, 2.24) is 14.9 Å². The third-order valence-electron chi connectivity index (χ3n) is 3.68. The van der Waals surface area contributed by atoms with Crippen LogP contribution < -0.4 is 11.6 Å². The molecule has 26 heavy (non-hydrogen) atoms. The summed E-state index contributed by atoms with van der Waals surface area (Å²) in [4.78, 5) is 6.38. The molecular weight excluding hydrogens is 380 g/mol. The second-order valence-electron chi connectivity index (χ2n) is 6.04. The zero-order chi connectivity index (χ0) is 19.3. The third kappa shape index (κ3) is 5.35. The molecule has 2 rings (SSSR count). The molecule has 9 heteroatoms. The van der Waals surface area contributed by atoms with Gasteiger partial charge in [0, 0.05) is 36.9 Å². The lowest BCUT2D eigenvalue weighted by molar-refractivity contribution is 0.330. The van der Waals surface area contributed by atoms with Crippen molar-refractivity contribution in [2.45, 2.75) is 13.0 Å². The van der Waals surface area contributed by atoms with Gasteiger partial charge >= 0.3 is 0 Å². The van der Waals surface area contributed by atoms with Crippen LogP contribution in [0.5, 0.6) is 5.75 Å². The number of nitrogens with zero attached hydrogens (tertiary/aromatic N) is 3. The van der Waals surface area contributed by atoms with Crippen LogP contribution in [0.25, 0.3) is 10.9 Å². The number of nitrogens with two attached hydrogens (primary N) is 2. The first-order valence-corrected chi connectivity index (χ1v) is 8.76. The molecule has 0 amide bonds. The van der Waals surface area contributed by atoms with Crippen LogP contribution in [-0.2, 0) is 6.54 Å². The maximum Gasteiger partial charge on any atom is 0.160 e. The van der Waals surface area contributed by atoms with Crippen molar-refractivity contribution >= 4 is 34.1 Å². The number of hydrogen-bond acceptors (Lipinski definition) is 6. The summed E-state index contributed by atoms with van der Waals surface area (Å²) in [5, 5.41) is 12.7. The van der Waals surface area contributed by atoms with Crippen LogP contribution in [0.2, 0.25) is 10.0 Å². The average molecular weight is 402 g/mol. The zero-order valence-corrected chi connectivity index (χ0v) is 15.9. The van der Waals surface area contributed by atoms with Gasteiger partial charge in [0.25, 0.3) is 0 Å². The molecule has 0 saturated carbocycles. The van der Waals surface area contributed by atoms with Gasteiger partial charge < -0.3 is 15.8 Å². The Morgan fingerprint density at radius 1 is 1.35 bits per heavy atom. The minimum atomic E-state index is -0.421. The number of phenols is 1. The predicted octanol–water partition coefficient (Wildman–Crippen LogP) is 3.01. The number of fused-ring (bicyclic) bond motifs is 1. The monoisotopic (exact) mass is 401 g/mol. The van der Waals surface area contributed by atoms with Crippen molar-refractivity contribution in [2.75, 3.05) is 26.8 Å². The summed E-state index contributed by atoms with van der Waals surface area (Å²) in [7, 11) is 1.87. The van der Waals surface area contributed by atoms with Gasteiger partial charge in [-0.2, -0.15) is 0 Å². The van der Waals surface area contributed by atoms with Crippen LogP contribution in [0.1, 0.15) is 12.1 Å². The molecule has 0 spiro atoms. The second kappa shape index (κ2) is 9.23. The van der Waals surface area contributed by atoms with Gasteiger partial charge in [0.15, 0.2) is 5.75 Å². The van der Waals surface area contributed by atoms with Gasteiger partial charge in [0.1, 0.15) is 5.52 Å². The molecule has 2 aromatic rings. The van der Waals surface area contributed by atoms with E-state index in [1.807, 2.05) is 18.0 Å². The van der Waals surface area contributed by atoms with E-state index in [0.717, 1.165) is 5.69 Å². The van der Waals surface area contributed by atoms with Gasteiger partial charge in [-0.25, -0.2) is 10.8 Å². The molecule has 1 aromatic heterocycles.